The van der Waals surface area contributed by atoms with Crippen molar-refractivity contribution in [1.29, 1.82) is 0 Å². The van der Waals surface area contributed by atoms with E-state index in [0.717, 1.165) is 11.4 Å². The van der Waals surface area contributed by atoms with Gasteiger partial charge in [0.05, 0.1) is 17.9 Å². The molecule has 0 N–H and O–H groups in total. The van der Waals surface area contributed by atoms with Crippen LogP contribution in [-0.2, 0) is 4.74 Å². The smallest absolute Gasteiger partial charge is 0.272 e. The third kappa shape index (κ3) is 3.70. The minimum Gasteiger partial charge on any atom is -0.460 e. The van der Waals surface area contributed by atoms with E-state index in [9.17, 15) is 4.79 Å². The Morgan fingerprint density at radius 1 is 1.14 bits per heavy atom. The van der Waals surface area contributed by atoms with Crippen molar-refractivity contribution in [3.05, 3.63) is 58.9 Å². The molecule has 1 aliphatic heterocycles. The molecule has 0 bridgehead atoms. The molecule has 0 aliphatic carbocycles. The summed E-state index contributed by atoms with van der Waals surface area (Å²) < 4.78 is 13.1. The number of benzene rings is 1. The predicted molar refractivity (Wildman–Crippen MR) is 107 cm³/mol. The molecule has 28 heavy (non-hydrogen) atoms. The molecule has 1 saturated heterocycles. The van der Waals surface area contributed by atoms with Crippen LogP contribution in [-0.4, -0.2) is 45.9 Å². The van der Waals surface area contributed by atoms with Gasteiger partial charge in [-0.1, -0.05) is 17.7 Å². The first-order valence-electron chi connectivity index (χ1n) is 9.28. The Kier molecular flexibility index (Phi) is 5.00. The summed E-state index contributed by atoms with van der Waals surface area (Å²) in [5.41, 5.74) is 1.79. The summed E-state index contributed by atoms with van der Waals surface area (Å²) >= 11 is 6.17. The molecule has 4 rings (SSSR count). The van der Waals surface area contributed by atoms with Crippen molar-refractivity contribution in [2.45, 2.75) is 33.0 Å². The number of ether oxygens (including phenoxy) is 1. The Morgan fingerprint density at radius 2 is 1.89 bits per heavy atom. The van der Waals surface area contributed by atoms with Gasteiger partial charge in [0, 0.05) is 24.2 Å². The minimum absolute atomic E-state index is 0.0116. The number of hydrogen-bond donors (Lipinski definition) is 0. The average Bonchev–Trinajstić information content (AvgIpc) is 3.26. The highest BCUT2D eigenvalue weighted by Gasteiger charge is 2.29. The second-order valence-corrected chi connectivity index (χ2v) is 7.62. The summed E-state index contributed by atoms with van der Waals surface area (Å²) in [6.45, 7) is 6.90. The number of aryl methyl sites for hydroxylation is 1. The summed E-state index contributed by atoms with van der Waals surface area (Å²) in [4.78, 5) is 15.2. The molecule has 0 unspecified atom stereocenters. The molecular formula is C21H22ClN3O3. The minimum atomic E-state index is -0.0935. The Hall–Kier alpha value is -2.57. The van der Waals surface area contributed by atoms with E-state index in [1.807, 2.05) is 49.9 Å². The largest absolute Gasteiger partial charge is 0.460 e. The van der Waals surface area contributed by atoms with Gasteiger partial charge in [0.25, 0.3) is 5.91 Å². The van der Waals surface area contributed by atoms with E-state index in [-0.39, 0.29) is 18.1 Å². The van der Waals surface area contributed by atoms with Crippen LogP contribution in [0.3, 0.4) is 0 Å². The zero-order valence-electron chi connectivity index (χ0n) is 16.1. The van der Waals surface area contributed by atoms with Crippen molar-refractivity contribution >= 4 is 17.5 Å². The number of amides is 1. The lowest BCUT2D eigenvalue weighted by Crippen LogP contribution is -2.48. The maximum atomic E-state index is 13.4. The molecule has 0 spiro atoms. The summed E-state index contributed by atoms with van der Waals surface area (Å²) in [5.74, 6) is 1.32. The molecule has 1 aromatic carbocycles. The van der Waals surface area contributed by atoms with Crippen molar-refractivity contribution < 1.29 is 13.9 Å². The third-order valence-electron chi connectivity index (χ3n) is 4.68. The Morgan fingerprint density at radius 3 is 2.54 bits per heavy atom. The molecule has 146 valence electrons. The maximum absolute atomic E-state index is 13.4. The van der Waals surface area contributed by atoms with Crippen LogP contribution in [0.4, 0.5) is 0 Å². The van der Waals surface area contributed by atoms with E-state index in [2.05, 4.69) is 5.10 Å². The van der Waals surface area contributed by atoms with Crippen LogP contribution in [0.1, 0.15) is 30.1 Å². The number of carbonyl (C=O) groups is 1. The second kappa shape index (κ2) is 7.45. The average molecular weight is 400 g/mol. The summed E-state index contributed by atoms with van der Waals surface area (Å²) in [6.07, 6.45) is -0.0233. The third-order valence-corrected chi connectivity index (χ3v) is 4.92. The molecule has 3 aromatic rings. The number of aromatic nitrogens is 2. The highest BCUT2D eigenvalue weighted by molar-refractivity contribution is 6.30. The molecule has 7 heteroatoms. The predicted octanol–water partition coefficient (Wildman–Crippen LogP) is 4.34. The fourth-order valence-electron chi connectivity index (χ4n) is 3.54. The standard InChI is InChI=1S/C21H22ClN3O3/c1-13-7-8-20(28-13)18-10-19(21(26)24-11-14(2)27-15(3)12-24)25(23-18)17-6-4-5-16(22)9-17/h4-10,14-15H,11-12H2,1-3H3/t14-,15-/m1/s1. The van der Waals surface area contributed by atoms with Gasteiger partial charge in [0.1, 0.15) is 17.1 Å². The highest BCUT2D eigenvalue weighted by atomic mass is 35.5. The van der Waals surface area contributed by atoms with Crippen LogP contribution in [0.25, 0.3) is 17.1 Å². The van der Waals surface area contributed by atoms with Gasteiger partial charge >= 0.3 is 0 Å². The van der Waals surface area contributed by atoms with E-state index in [1.54, 1.807) is 22.9 Å². The second-order valence-electron chi connectivity index (χ2n) is 7.18. The van der Waals surface area contributed by atoms with E-state index < -0.39 is 0 Å². The number of hydrogen-bond acceptors (Lipinski definition) is 4. The SMILES string of the molecule is Cc1ccc(-c2cc(C(=O)N3C[C@@H](C)O[C@H](C)C3)n(-c3cccc(Cl)c3)n2)o1. The molecule has 1 aliphatic rings. The molecular weight excluding hydrogens is 378 g/mol. The van der Waals surface area contributed by atoms with Gasteiger partial charge in [-0.25, -0.2) is 4.68 Å². The van der Waals surface area contributed by atoms with Crippen molar-refractivity contribution in [3.8, 4) is 17.1 Å². The molecule has 0 saturated carbocycles. The molecule has 2 aromatic heterocycles. The van der Waals surface area contributed by atoms with E-state index in [0.29, 0.717) is 35.3 Å². The first kappa shape index (κ1) is 18.8. The zero-order chi connectivity index (χ0) is 19.8. The fraction of sp³-hybridized carbons (Fsp3) is 0.333. The lowest BCUT2D eigenvalue weighted by molar-refractivity contribution is -0.0588. The molecule has 1 amide bonds. The van der Waals surface area contributed by atoms with Crippen LogP contribution in [0.2, 0.25) is 5.02 Å². The van der Waals surface area contributed by atoms with Crippen LogP contribution in [0.15, 0.2) is 46.9 Å². The van der Waals surface area contributed by atoms with Crippen LogP contribution in [0.5, 0.6) is 0 Å². The topological polar surface area (TPSA) is 60.5 Å². The number of rotatable bonds is 3. The zero-order valence-corrected chi connectivity index (χ0v) is 16.8. The molecule has 2 atom stereocenters. The van der Waals surface area contributed by atoms with Gasteiger partial charge in [-0.05, 0) is 51.1 Å². The van der Waals surface area contributed by atoms with Crippen LogP contribution < -0.4 is 0 Å². The first-order valence-corrected chi connectivity index (χ1v) is 9.66. The summed E-state index contributed by atoms with van der Waals surface area (Å²) in [7, 11) is 0. The monoisotopic (exact) mass is 399 g/mol. The Balaban J connectivity index is 1.78. The van der Waals surface area contributed by atoms with Crippen LogP contribution in [0, 0.1) is 6.92 Å². The van der Waals surface area contributed by atoms with Gasteiger partial charge in [-0.3, -0.25) is 4.79 Å². The highest BCUT2D eigenvalue weighted by Crippen LogP contribution is 2.26. The molecule has 6 nitrogen and oxygen atoms in total. The summed E-state index contributed by atoms with van der Waals surface area (Å²) in [5, 5.41) is 5.22. The fourth-order valence-corrected chi connectivity index (χ4v) is 3.72. The van der Waals surface area contributed by atoms with Gasteiger partial charge < -0.3 is 14.1 Å². The van der Waals surface area contributed by atoms with Crippen molar-refractivity contribution in [1.82, 2.24) is 14.7 Å². The van der Waals surface area contributed by atoms with Crippen molar-refractivity contribution in [2.75, 3.05) is 13.1 Å². The number of morpholine rings is 1. The Labute approximate surface area is 168 Å². The van der Waals surface area contributed by atoms with Gasteiger partial charge in [-0.15, -0.1) is 0 Å². The van der Waals surface area contributed by atoms with E-state index >= 15 is 0 Å². The Bertz CT molecular complexity index is 1000. The molecule has 1 fully saturated rings. The van der Waals surface area contributed by atoms with E-state index in [1.165, 1.54) is 0 Å². The number of furan rings is 1. The van der Waals surface area contributed by atoms with Crippen molar-refractivity contribution in [3.63, 3.8) is 0 Å². The first-order chi connectivity index (χ1) is 13.4. The van der Waals surface area contributed by atoms with Crippen LogP contribution >= 0.6 is 11.6 Å². The number of carbonyl (C=O) groups excluding carboxylic acids is 1. The summed E-state index contributed by atoms with van der Waals surface area (Å²) in [6, 6.07) is 12.8. The lowest BCUT2D eigenvalue weighted by atomic mass is 10.2. The molecule has 0 radical (unpaired) electrons. The van der Waals surface area contributed by atoms with E-state index in [4.69, 9.17) is 20.8 Å². The quantitative estimate of drug-likeness (QED) is 0.657. The van der Waals surface area contributed by atoms with Gasteiger partial charge in [-0.2, -0.15) is 5.10 Å². The maximum Gasteiger partial charge on any atom is 0.272 e. The molecule has 3 heterocycles. The number of halogens is 1. The van der Waals surface area contributed by atoms with Gasteiger partial charge in [0.2, 0.25) is 0 Å². The van der Waals surface area contributed by atoms with Crippen molar-refractivity contribution in [2.24, 2.45) is 0 Å². The normalized spacial score (nSPS) is 19.8. The van der Waals surface area contributed by atoms with Gasteiger partial charge in [0.15, 0.2) is 5.76 Å². The number of nitrogens with zero attached hydrogens (tertiary/aromatic N) is 3. The lowest BCUT2D eigenvalue weighted by Gasteiger charge is -2.35.